The monoisotopic (exact) mass is 301 g/mol. The molecule has 1 fully saturated rings. The number of nitrogens with two attached hydrogens (primary N) is 1. The lowest BCUT2D eigenvalue weighted by Crippen LogP contribution is -2.39. The van der Waals surface area contributed by atoms with Crippen LogP contribution in [-0.4, -0.2) is 49.0 Å². The summed E-state index contributed by atoms with van der Waals surface area (Å²) < 4.78 is 36.2. The lowest BCUT2D eigenvalue weighted by molar-refractivity contribution is 0.287. The van der Waals surface area contributed by atoms with Gasteiger partial charge in [0.2, 0.25) is 0 Å². The molecule has 1 saturated heterocycles. The lowest BCUT2D eigenvalue weighted by Gasteiger charge is -2.26. The number of sulfone groups is 1. The van der Waals surface area contributed by atoms with Crippen LogP contribution in [0.1, 0.15) is 11.1 Å². The van der Waals surface area contributed by atoms with Gasteiger partial charge in [-0.3, -0.25) is 4.90 Å². The van der Waals surface area contributed by atoms with E-state index in [4.69, 9.17) is 10.9 Å². The minimum atomic E-state index is -2.93. The molecule has 20 heavy (non-hydrogen) atoms. The van der Waals surface area contributed by atoms with Crippen LogP contribution in [0.4, 0.5) is 4.39 Å². The molecule has 1 aliphatic rings. The number of amidine groups is 1. The zero-order valence-electron chi connectivity index (χ0n) is 10.8. The minimum Gasteiger partial charge on any atom is -0.409 e. The Bertz CT molecular complexity index is 617. The van der Waals surface area contributed by atoms with Crippen molar-refractivity contribution in [2.75, 3.05) is 24.6 Å². The van der Waals surface area contributed by atoms with E-state index < -0.39 is 15.7 Å². The molecule has 0 saturated carbocycles. The van der Waals surface area contributed by atoms with Crippen LogP contribution in [0.25, 0.3) is 0 Å². The number of benzene rings is 1. The normalized spacial score (nSPS) is 19.9. The predicted octanol–water partition coefficient (Wildman–Crippen LogP) is 0.151. The van der Waals surface area contributed by atoms with E-state index >= 15 is 0 Å². The molecule has 0 unspecified atom stereocenters. The second-order valence-corrected chi connectivity index (χ2v) is 7.06. The van der Waals surface area contributed by atoms with Gasteiger partial charge in [-0.15, -0.1) is 0 Å². The van der Waals surface area contributed by atoms with E-state index in [1.165, 1.54) is 12.1 Å². The molecule has 6 nitrogen and oxygen atoms in total. The summed E-state index contributed by atoms with van der Waals surface area (Å²) in [6, 6.07) is 4.16. The Morgan fingerprint density at radius 2 is 2.00 bits per heavy atom. The number of hydrogen-bond acceptors (Lipinski definition) is 5. The first-order chi connectivity index (χ1) is 9.39. The Balaban J connectivity index is 2.12. The smallest absolute Gasteiger partial charge is 0.170 e. The second kappa shape index (κ2) is 5.76. The van der Waals surface area contributed by atoms with Gasteiger partial charge in [0, 0.05) is 25.2 Å². The quantitative estimate of drug-likeness (QED) is 0.358. The second-order valence-electron chi connectivity index (χ2n) is 4.76. The summed E-state index contributed by atoms with van der Waals surface area (Å²) in [4.78, 5) is 1.94. The molecular weight excluding hydrogens is 285 g/mol. The molecule has 1 aliphatic heterocycles. The Kier molecular flexibility index (Phi) is 4.24. The van der Waals surface area contributed by atoms with Crippen LogP contribution in [0.5, 0.6) is 0 Å². The maximum absolute atomic E-state index is 13.5. The fourth-order valence-electron chi connectivity index (χ4n) is 2.11. The molecule has 0 amide bonds. The van der Waals surface area contributed by atoms with Gasteiger partial charge in [0.05, 0.1) is 11.5 Å². The summed E-state index contributed by atoms with van der Waals surface area (Å²) in [6.07, 6.45) is 0. The molecule has 0 aromatic heterocycles. The lowest BCUT2D eigenvalue weighted by atomic mass is 10.1. The van der Waals surface area contributed by atoms with Crippen LogP contribution in [-0.2, 0) is 16.4 Å². The molecule has 0 aliphatic carbocycles. The van der Waals surface area contributed by atoms with Crippen molar-refractivity contribution >= 4 is 15.7 Å². The highest BCUT2D eigenvalue weighted by molar-refractivity contribution is 7.91. The van der Waals surface area contributed by atoms with Gasteiger partial charge >= 0.3 is 0 Å². The van der Waals surface area contributed by atoms with Crippen LogP contribution in [0.15, 0.2) is 23.4 Å². The molecule has 0 atom stereocenters. The topological polar surface area (TPSA) is 96.0 Å². The van der Waals surface area contributed by atoms with E-state index in [0.29, 0.717) is 30.8 Å². The van der Waals surface area contributed by atoms with Crippen LogP contribution in [0.3, 0.4) is 0 Å². The summed E-state index contributed by atoms with van der Waals surface area (Å²) >= 11 is 0. The Morgan fingerprint density at radius 1 is 1.35 bits per heavy atom. The highest BCUT2D eigenvalue weighted by Crippen LogP contribution is 2.14. The average molecular weight is 301 g/mol. The Hall–Kier alpha value is -1.67. The summed E-state index contributed by atoms with van der Waals surface area (Å²) in [7, 11) is -2.93. The van der Waals surface area contributed by atoms with Gasteiger partial charge in [0.15, 0.2) is 15.7 Å². The van der Waals surface area contributed by atoms with Crippen LogP contribution < -0.4 is 5.73 Å². The average Bonchev–Trinajstić information content (AvgIpc) is 2.39. The molecule has 2 rings (SSSR count). The first-order valence-electron chi connectivity index (χ1n) is 6.10. The van der Waals surface area contributed by atoms with Crippen LogP contribution in [0.2, 0.25) is 0 Å². The van der Waals surface area contributed by atoms with Gasteiger partial charge in [-0.1, -0.05) is 5.16 Å². The van der Waals surface area contributed by atoms with E-state index in [1.54, 1.807) is 6.07 Å². The molecule has 8 heteroatoms. The highest BCUT2D eigenvalue weighted by atomic mass is 32.2. The molecule has 110 valence electrons. The van der Waals surface area contributed by atoms with Crippen molar-refractivity contribution in [3.05, 3.63) is 35.1 Å². The van der Waals surface area contributed by atoms with E-state index in [9.17, 15) is 12.8 Å². The zero-order chi connectivity index (χ0) is 14.8. The number of hydrogen-bond donors (Lipinski definition) is 2. The first-order valence-corrected chi connectivity index (χ1v) is 7.92. The number of rotatable bonds is 3. The maximum atomic E-state index is 13.5. The van der Waals surface area contributed by atoms with E-state index in [0.717, 1.165) is 0 Å². The van der Waals surface area contributed by atoms with E-state index in [1.807, 2.05) is 4.90 Å². The number of halogens is 1. The summed E-state index contributed by atoms with van der Waals surface area (Å²) in [6.45, 7) is 1.29. The third-order valence-electron chi connectivity index (χ3n) is 3.20. The zero-order valence-corrected chi connectivity index (χ0v) is 11.6. The number of oxime groups is 1. The molecule has 1 aromatic rings. The van der Waals surface area contributed by atoms with Crippen molar-refractivity contribution in [3.8, 4) is 0 Å². The highest BCUT2D eigenvalue weighted by Gasteiger charge is 2.21. The van der Waals surface area contributed by atoms with Crippen molar-refractivity contribution < 1.29 is 18.0 Å². The molecule has 0 radical (unpaired) electrons. The predicted molar refractivity (Wildman–Crippen MR) is 72.8 cm³/mol. The largest absolute Gasteiger partial charge is 0.409 e. The van der Waals surface area contributed by atoms with Crippen molar-refractivity contribution in [1.29, 1.82) is 0 Å². The third-order valence-corrected chi connectivity index (χ3v) is 4.81. The molecule has 0 bridgehead atoms. The van der Waals surface area contributed by atoms with Crippen molar-refractivity contribution in [2.45, 2.75) is 6.54 Å². The van der Waals surface area contributed by atoms with Crippen molar-refractivity contribution in [2.24, 2.45) is 10.9 Å². The fourth-order valence-corrected chi connectivity index (χ4v) is 3.39. The van der Waals surface area contributed by atoms with Gasteiger partial charge in [-0.05, 0) is 23.8 Å². The summed E-state index contributed by atoms with van der Waals surface area (Å²) in [5.74, 6) is -0.397. The fraction of sp³-hybridized carbons (Fsp3) is 0.417. The van der Waals surface area contributed by atoms with Crippen molar-refractivity contribution in [1.82, 2.24) is 4.90 Å². The standard InChI is InChI=1S/C12H16FN3O3S/c13-11-6-9(5-10(7-11)12(14)15-17)8-16-1-3-20(18,19)4-2-16/h5-7,17H,1-4,8H2,(H2,14,15). The van der Waals surface area contributed by atoms with Crippen LogP contribution in [0, 0.1) is 5.82 Å². The molecular formula is C12H16FN3O3S. The minimum absolute atomic E-state index is 0.120. The maximum Gasteiger partial charge on any atom is 0.170 e. The molecule has 1 aromatic carbocycles. The molecule has 0 spiro atoms. The van der Waals surface area contributed by atoms with E-state index in [2.05, 4.69) is 5.16 Å². The van der Waals surface area contributed by atoms with E-state index in [-0.39, 0.29) is 17.3 Å². The van der Waals surface area contributed by atoms with Gasteiger partial charge in [-0.25, -0.2) is 12.8 Å². The number of nitrogens with zero attached hydrogens (tertiary/aromatic N) is 2. The summed E-state index contributed by atoms with van der Waals surface area (Å²) in [5, 5.41) is 11.5. The summed E-state index contributed by atoms with van der Waals surface area (Å²) in [5.41, 5.74) is 6.40. The Labute approximate surface area is 116 Å². The first kappa shape index (κ1) is 14.7. The molecule has 1 heterocycles. The SMILES string of the molecule is N/C(=N/O)c1cc(F)cc(CN2CCS(=O)(=O)CC2)c1. The van der Waals surface area contributed by atoms with Gasteiger partial charge in [0.1, 0.15) is 5.82 Å². The Morgan fingerprint density at radius 3 is 2.60 bits per heavy atom. The third kappa shape index (κ3) is 3.67. The van der Waals surface area contributed by atoms with Gasteiger partial charge < -0.3 is 10.9 Å². The van der Waals surface area contributed by atoms with Gasteiger partial charge in [-0.2, -0.15) is 0 Å². The van der Waals surface area contributed by atoms with Crippen LogP contribution >= 0.6 is 0 Å². The van der Waals surface area contributed by atoms with Crippen molar-refractivity contribution in [3.63, 3.8) is 0 Å². The van der Waals surface area contributed by atoms with Gasteiger partial charge in [0.25, 0.3) is 0 Å². The molecule has 3 N–H and O–H groups in total.